The lowest BCUT2D eigenvalue weighted by molar-refractivity contribution is 0.306. The Hall–Kier alpha value is -2.66. The van der Waals surface area contributed by atoms with Gasteiger partial charge in [0.05, 0.1) is 18.5 Å². The number of rotatable bonds is 9. The number of hydrogen-bond donors (Lipinski definition) is 1. The second kappa shape index (κ2) is 9.88. The molecule has 1 heterocycles. The van der Waals surface area contributed by atoms with Crippen molar-refractivity contribution in [3.05, 3.63) is 65.0 Å². The molecule has 0 bridgehead atoms. The van der Waals surface area contributed by atoms with E-state index in [1.54, 1.807) is 17.6 Å². The van der Waals surface area contributed by atoms with Gasteiger partial charge in [-0.2, -0.15) is 5.10 Å². The molecule has 0 unspecified atom stereocenters. The van der Waals surface area contributed by atoms with Crippen LogP contribution in [0.1, 0.15) is 36.6 Å². The number of anilines is 1. The fraction of sp³-hybridized carbons (Fsp3) is 0.273. The third-order valence-electron chi connectivity index (χ3n) is 4.11. The highest BCUT2D eigenvalue weighted by atomic mass is 32.1. The zero-order valence-corrected chi connectivity index (χ0v) is 16.6. The second-order valence-electron chi connectivity index (χ2n) is 6.28. The van der Waals surface area contributed by atoms with E-state index in [1.807, 2.05) is 42.5 Å². The van der Waals surface area contributed by atoms with E-state index in [1.165, 1.54) is 17.7 Å². The van der Waals surface area contributed by atoms with Crippen LogP contribution in [0.3, 0.4) is 0 Å². The summed E-state index contributed by atoms with van der Waals surface area (Å²) in [5.41, 5.74) is 6.17. The first-order chi connectivity index (χ1) is 13.3. The number of aromatic nitrogens is 1. The molecule has 0 aliphatic heterocycles. The highest BCUT2D eigenvalue weighted by molar-refractivity contribution is 7.15. The van der Waals surface area contributed by atoms with Gasteiger partial charge < -0.3 is 4.74 Å². The third-order valence-corrected chi connectivity index (χ3v) is 4.99. The zero-order valence-electron chi connectivity index (χ0n) is 15.8. The van der Waals surface area contributed by atoms with Crippen molar-refractivity contribution in [3.63, 3.8) is 0 Å². The Morgan fingerprint density at radius 2 is 1.85 bits per heavy atom. The molecule has 140 valence electrons. The quantitative estimate of drug-likeness (QED) is 0.276. The molecule has 4 nitrogen and oxygen atoms in total. The van der Waals surface area contributed by atoms with Gasteiger partial charge in [0.15, 0.2) is 0 Å². The van der Waals surface area contributed by atoms with Crippen LogP contribution in [0.2, 0.25) is 0 Å². The van der Waals surface area contributed by atoms with E-state index >= 15 is 0 Å². The monoisotopic (exact) mass is 379 g/mol. The minimum absolute atomic E-state index is 0.774. The van der Waals surface area contributed by atoms with Crippen LogP contribution < -0.4 is 10.2 Å². The van der Waals surface area contributed by atoms with Gasteiger partial charge in [-0.15, -0.1) is 11.3 Å². The van der Waals surface area contributed by atoms with Gasteiger partial charge in [-0.1, -0.05) is 50.1 Å². The molecule has 2 aromatic carbocycles. The highest BCUT2D eigenvalue weighted by Crippen LogP contribution is 2.30. The summed E-state index contributed by atoms with van der Waals surface area (Å²) in [4.78, 5) is 5.82. The molecule has 0 aliphatic rings. The lowest BCUT2D eigenvalue weighted by Crippen LogP contribution is -1.97. The van der Waals surface area contributed by atoms with Gasteiger partial charge in [-0.25, -0.2) is 4.98 Å². The molecule has 0 saturated heterocycles. The number of hydrogen-bond acceptors (Lipinski definition) is 5. The van der Waals surface area contributed by atoms with E-state index in [2.05, 4.69) is 41.5 Å². The highest BCUT2D eigenvalue weighted by Gasteiger charge is 2.08. The van der Waals surface area contributed by atoms with E-state index < -0.39 is 0 Å². The summed E-state index contributed by atoms with van der Waals surface area (Å²) in [5.74, 6) is 0.902. The first-order valence-electron chi connectivity index (χ1n) is 9.31. The minimum Gasteiger partial charge on any atom is -0.494 e. The van der Waals surface area contributed by atoms with Crippen LogP contribution in [0, 0.1) is 6.92 Å². The van der Waals surface area contributed by atoms with Gasteiger partial charge >= 0.3 is 0 Å². The smallest absolute Gasteiger partial charge is 0.204 e. The fourth-order valence-corrected chi connectivity index (χ4v) is 3.45. The Kier molecular flexibility index (Phi) is 6.99. The summed E-state index contributed by atoms with van der Waals surface area (Å²) < 4.78 is 5.73. The molecule has 0 atom stereocenters. The normalized spacial score (nSPS) is 11.0. The summed E-state index contributed by atoms with van der Waals surface area (Å²) in [7, 11) is 0. The molecule has 0 amide bonds. The molecule has 5 heteroatoms. The zero-order chi connectivity index (χ0) is 18.9. The average molecular weight is 380 g/mol. The molecule has 1 aromatic heterocycles. The van der Waals surface area contributed by atoms with Crippen molar-refractivity contribution in [2.24, 2.45) is 5.10 Å². The van der Waals surface area contributed by atoms with Crippen LogP contribution in [0.25, 0.3) is 11.3 Å². The number of hydrazone groups is 1. The van der Waals surface area contributed by atoms with Crippen molar-refractivity contribution >= 4 is 22.7 Å². The van der Waals surface area contributed by atoms with E-state index in [0.717, 1.165) is 40.7 Å². The summed E-state index contributed by atoms with van der Waals surface area (Å²) >= 11 is 1.60. The van der Waals surface area contributed by atoms with Crippen LogP contribution in [0.4, 0.5) is 5.13 Å². The fourth-order valence-electron chi connectivity index (χ4n) is 2.66. The van der Waals surface area contributed by atoms with E-state index in [4.69, 9.17) is 4.74 Å². The molecule has 27 heavy (non-hydrogen) atoms. The van der Waals surface area contributed by atoms with Gasteiger partial charge in [0.25, 0.3) is 0 Å². The number of ether oxygens (including phenoxy) is 1. The first kappa shape index (κ1) is 19.1. The molecule has 0 fully saturated rings. The number of nitrogens with one attached hydrogen (secondary N) is 1. The second-order valence-corrected chi connectivity index (χ2v) is 7.49. The van der Waals surface area contributed by atoms with Crippen molar-refractivity contribution in [3.8, 4) is 17.0 Å². The van der Waals surface area contributed by atoms with Crippen LogP contribution >= 0.6 is 11.3 Å². The van der Waals surface area contributed by atoms with E-state index in [-0.39, 0.29) is 0 Å². The average Bonchev–Trinajstić information content (AvgIpc) is 3.07. The maximum absolute atomic E-state index is 5.73. The Morgan fingerprint density at radius 3 is 2.59 bits per heavy atom. The van der Waals surface area contributed by atoms with E-state index in [0.29, 0.717) is 0 Å². The van der Waals surface area contributed by atoms with Crippen LogP contribution in [-0.2, 0) is 0 Å². The Morgan fingerprint density at radius 1 is 1.07 bits per heavy atom. The topological polar surface area (TPSA) is 46.5 Å². The van der Waals surface area contributed by atoms with Crippen molar-refractivity contribution < 1.29 is 4.74 Å². The van der Waals surface area contributed by atoms with E-state index in [9.17, 15) is 0 Å². The Bertz CT molecular complexity index is 857. The van der Waals surface area contributed by atoms with Gasteiger partial charge in [-0.05, 0) is 43.2 Å². The predicted molar refractivity (Wildman–Crippen MR) is 115 cm³/mol. The number of unbranched alkanes of at least 4 members (excludes halogenated alkanes) is 2. The van der Waals surface area contributed by atoms with Crippen molar-refractivity contribution in [1.82, 2.24) is 4.98 Å². The SMILES string of the molecule is CCCCCOc1ccc(/C=N/Nc2nc(-c3ccccc3)c(C)s2)cc1. The Labute approximate surface area is 164 Å². The van der Waals surface area contributed by atoms with Gasteiger partial charge in [0, 0.05) is 10.4 Å². The molecule has 1 N–H and O–H groups in total. The third kappa shape index (κ3) is 5.66. The maximum Gasteiger partial charge on any atom is 0.204 e. The van der Waals surface area contributed by atoms with Crippen molar-refractivity contribution in [2.45, 2.75) is 33.1 Å². The predicted octanol–water partition coefficient (Wildman–Crippen LogP) is 6.13. The molecule has 0 radical (unpaired) electrons. The number of benzene rings is 2. The van der Waals surface area contributed by atoms with Crippen LogP contribution in [0.5, 0.6) is 5.75 Å². The molecule has 3 aromatic rings. The summed E-state index contributed by atoms with van der Waals surface area (Å²) in [6, 6.07) is 18.2. The van der Waals surface area contributed by atoms with Gasteiger partial charge in [0.1, 0.15) is 5.75 Å². The molecule has 3 rings (SSSR count). The molecular formula is C22H25N3OS. The standard InChI is InChI=1S/C22H25N3OS/c1-3-4-8-15-26-20-13-11-18(12-14-20)16-23-25-22-24-21(17(2)27-22)19-9-6-5-7-10-19/h5-7,9-14,16H,3-4,8,15H2,1-2H3,(H,24,25)/b23-16+. The molecular weight excluding hydrogens is 354 g/mol. The number of nitrogens with zero attached hydrogens (tertiary/aromatic N) is 2. The largest absolute Gasteiger partial charge is 0.494 e. The summed E-state index contributed by atoms with van der Waals surface area (Å²) in [6.07, 6.45) is 5.30. The summed E-state index contributed by atoms with van der Waals surface area (Å²) in [5, 5.41) is 5.10. The molecule has 0 aliphatic carbocycles. The number of aryl methyl sites for hydroxylation is 1. The van der Waals surface area contributed by atoms with Gasteiger partial charge in [-0.3, -0.25) is 5.43 Å². The molecule has 0 spiro atoms. The lowest BCUT2D eigenvalue weighted by Gasteiger charge is -2.05. The van der Waals surface area contributed by atoms with Crippen molar-refractivity contribution in [2.75, 3.05) is 12.0 Å². The number of thiazole rings is 1. The molecule has 0 saturated carbocycles. The van der Waals surface area contributed by atoms with Crippen LogP contribution in [-0.4, -0.2) is 17.8 Å². The van der Waals surface area contributed by atoms with Crippen LogP contribution in [0.15, 0.2) is 59.7 Å². The maximum atomic E-state index is 5.73. The first-order valence-corrected chi connectivity index (χ1v) is 10.1. The minimum atomic E-state index is 0.774. The lowest BCUT2D eigenvalue weighted by atomic mass is 10.1. The van der Waals surface area contributed by atoms with Gasteiger partial charge in [0.2, 0.25) is 5.13 Å². The van der Waals surface area contributed by atoms with Crippen molar-refractivity contribution in [1.29, 1.82) is 0 Å². The summed E-state index contributed by atoms with van der Waals surface area (Å²) in [6.45, 7) is 5.04. The Balaban J connectivity index is 1.55.